The molecule has 0 unspecified atom stereocenters. The lowest BCUT2D eigenvalue weighted by Gasteiger charge is -2.32. The summed E-state index contributed by atoms with van der Waals surface area (Å²) in [6.45, 7) is 5.20. The highest BCUT2D eigenvalue weighted by molar-refractivity contribution is 7.13. The number of halogens is 1. The van der Waals surface area contributed by atoms with Crippen LogP contribution in [0, 0.1) is 0 Å². The summed E-state index contributed by atoms with van der Waals surface area (Å²) in [5.41, 5.74) is 0.610. The average Bonchev–Trinajstić information content (AvgIpc) is 3.11. The Balaban J connectivity index is 1.64. The average molecular weight is 408 g/mol. The molecular weight excluding hydrogens is 386 g/mol. The van der Waals surface area contributed by atoms with Crippen molar-refractivity contribution in [2.75, 3.05) is 18.4 Å². The first-order chi connectivity index (χ1) is 12.9. The van der Waals surface area contributed by atoms with Gasteiger partial charge in [-0.05, 0) is 44.9 Å². The predicted octanol–water partition coefficient (Wildman–Crippen LogP) is 3.74. The summed E-state index contributed by atoms with van der Waals surface area (Å²) in [4.78, 5) is 26.4. The molecule has 0 radical (unpaired) electrons. The topological polar surface area (TPSA) is 87.2 Å². The van der Waals surface area contributed by atoms with Gasteiger partial charge >= 0.3 is 6.03 Å². The van der Waals surface area contributed by atoms with Crippen LogP contribution in [0.5, 0.6) is 0 Å². The third-order valence-electron chi connectivity index (χ3n) is 4.19. The first-order valence-corrected chi connectivity index (χ1v) is 10.1. The highest BCUT2D eigenvalue weighted by Gasteiger charge is 2.28. The van der Waals surface area contributed by atoms with Gasteiger partial charge < -0.3 is 15.5 Å². The lowest BCUT2D eigenvalue weighted by atomic mass is 9.99. The van der Waals surface area contributed by atoms with E-state index in [4.69, 9.17) is 11.6 Å². The number of urea groups is 1. The van der Waals surface area contributed by atoms with E-state index in [0.29, 0.717) is 22.3 Å². The van der Waals surface area contributed by atoms with Gasteiger partial charge in [0.05, 0.1) is 0 Å². The van der Waals surface area contributed by atoms with Gasteiger partial charge in [0.15, 0.2) is 0 Å². The zero-order valence-corrected chi connectivity index (χ0v) is 16.8. The summed E-state index contributed by atoms with van der Waals surface area (Å²) >= 11 is 7.21. The number of aromatic nitrogens is 2. The number of nitrogens with zero attached hydrogens (tertiary/aromatic N) is 3. The Bertz CT molecular complexity index is 826. The molecule has 2 aromatic rings. The predicted molar refractivity (Wildman–Crippen MR) is 107 cm³/mol. The van der Waals surface area contributed by atoms with E-state index in [1.54, 1.807) is 29.2 Å². The normalized spacial score (nSPS) is 17.0. The molecule has 0 saturated carbocycles. The Labute approximate surface area is 167 Å². The minimum absolute atomic E-state index is 0.0573. The van der Waals surface area contributed by atoms with Crippen molar-refractivity contribution >= 4 is 40.6 Å². The van der Waals surface area contributed by atoms with Crippen LogP contribution < -0.4 is 10.6 Å². The fraction of sp³-hybridized carbons (Fsp3) is 0.444. The minimum Gasteiger partial charge on any atom is -0.336 e. The molecule has 1 aromatic carbocycles. The van der Waals surface area contributed by atoms with Crippen molar-refractivity contribution in [2.24, 2.45) is 0 Å². The van der Waals surface area contributed by atoms with Crippen LogP contribution in [0.25, 0.3) is 0 Å². The zero-order valence-electron chi connectivity index (χ0n) is 15.2. The van der Waals surface area contributed by atoms with Crippen LogP contribution in [-0.4, -0.2) is 46.2 Å². The lowest BCUT2D eigenvalue weighted by Crippen LogP contribution is -2.46. The van der Waals surface area contributed by atoms with Crippen LogP contribution in [0.3, 0.4) is 0 Å². The number of carbonyl (C=O) groups excluding carboxylic acids is 2. The van der Waals surface area contributed by atoms with Gasteiger partial charge in [-0.2, -0.15) is 0 Å². The number of carbonyl (C=O) groups is 2. The molecule has 1 saturated heterocycles. The number of piperidine rings is 1. The fourth-order valence-corrected chi connectivity index (χ4v) is 4.00. The molecule has 27 heavy (non-hydrogen) atoms. The van der Waals surface area contributed by atoms with Crippen LogP contribution in [0.1, 0.15) is 47.4 Å². The van der Waals surface area contributed by atoms with Gasteiger partial charge in [-0.1, -0.05) is 29.0 Å². The van der Waals surface area contributed by atoms with Crippen molar-refractivity contribution in [3.05, 3.63) is 39.3 Å². The number of amides is 3. The maximum atomic E-state index is 12.4. The maximum absolute atomic E-state index is 12.4. The number of nitrogens with one attached hydrogen (secondary N) is 2. The Kier molecular flexibility index (Phi) is 6.28. The number of benzene rings is 1. The molecule has 1 aliphatic rings. The summed E-state index contributed by atoms with van der Waals surface area (Å²) in [5, 5.41) is 15.6. The van der Waals surface area contributed by atoms with Crippen LogP contribution in [0.15, 0.2) is 24.3 Å². The SMILES string of the molecule is CC(C)NC(=O)N1CCC[C@@H](c2nnc(C(=O)Nc3cccc(Cl)c3)s2)C1. The highest BCUT2D eigenvalue weighted by Crippen LogP contribution is 2.29. The fourth-order valence-electron chi connectivity index (χ4n) is 2.94. The second kappa shape index (κ2) is 8.67. The zero-order chi connectivity index (χ0) is 19.4. The van der Waals surface area contributed by atoms with Crippen molar-refractivity contribution in [1.29, 1.82) is 0 Å². The molecule has 144 valence electrons. The molecule has 9 heteroatoms. The Morgan fingerprint density at radius 1 is 1.33 bits per heavy atom. The summed E-state index contributed by atoms with van der Waals surface area (Å²) in [5.74, 6) is -0.215. The highest BCUT2D eigenvalue weighted by atomic mass is 35.5. The molecule has 1 aliphatic heterocycles. The van der Waals surface area contributed by atoms with E-state index < -0.39 is 0 Å². The molecule has 1 atom stereocenters. The van der Waals surface area contributed by atoms with Gasteiger partial charge in [-0.15, -0.1) is 10.2 Å². The van der Waals surface area contributed by atoms with Crippen LogP contribution in [0.2, 0.25) is 5.02 Å². The van der Waals surface area contributed by atoms with E-state index in [1.165, 1.54) is 11.3 Å². The smallest absolute Gasteiger partial charge is 0.317 e. The second-order valence-corrected chi connectivity index (χ2v) is 8.24. The van der Waals surface area contributed by atoms with E-state index >= 15 is 0 Å². The van der Waals surface area contributed by atoms with Crippen molar-refractivity contribution in [3.63, 3.8) is 0 Å². The summed E-state index contributed by atoms with van der Waals surface area (Å²) in [6, 6.07) is 6.98. The Hall–Kier alpha value is -2.19. The number of anilines is 1. The van der Waals surface area contributed by atoms with Gasteiger partial charge in [0.2, 0.25) is 5.01 Å². The first kappa shape index (κ1) is 19.6. The van der Waals surface area contributed by atoms with Gasteiger partial charge in [0.25, 0.3) is 5.91 Å². The molecular formula is C18H22ClN5O2S. The maximum Gasteiger partial charge on any atom is 0.317 e. The number of likely N-dealkylation sites (tertiary alicyclic amines) is 1. The van der Waals surface area contributed by atoms with Gasteiger partial charge in [0, 0.05) is 35.8 Å². The molecule has 3 rings (SSSR count). The molecule has 0 bridgehead atoms. The summed E-state index contributed by atoms with van der Waals surface area (Å²) in [6.07, 6.45) is 1.83. The largest absolute Gasteiger partial charge is 0.336 e. The number of hydrogen-bond acceptors (Lipinski definition) is 5. The van der Waals surface area contributed by atoms with E-state index in [1.807, 2.05) is 13.8 Å². The Morgan fingerprint density at radius 3 is 2.89 bits per heavy atom. The molecule has 1 fully saturated rings. The molecule has 3 amide bonds. The standard InChI is InChI=1S/C18H22ClN5O2S/c1-11(2)20-18(26)24-8-4-5-12(10-24)16-22-23-17(27-16)15(25)21-14-7-3-6-13(19)9-14/h3,6-7,9,11-12H,4-5,8,10H2,1-2H3,(H,20,26)(H,21,25)/t12-/m1/s1. The van der Waals surface area contributed by atoms with Crippen molar-refractivity contribution in [3.8, 4) is 0 Å². The minimum atomic E-state index is -0.314. The van der Waals surface area contributed by atoms with Gasteiger partial charge in [-0.25, -0.2) is 4.79 Å². The van der Waals surface area contributed by atoms with E-state index in [2.05, 4.69) is 20.8 Å². The quantitative estimate of drug-likeness (QED) is 0.808. The summed E-state index contributed by atoms with van der Waals surface area (Å²) in [7, 11) is 0. The first-order valence-electron chi connectivity index (χ1n) is 8.88. The van der Waals surface area contributed by atoms with Crippen LogP contribution in [0.4, 0.5) is 10.5 Å². The van der Waals surface area contributed by atoms with Gasteiger partial charge in [-0.3, -0.25) is 4.79 Å². The summed E-state index contributed by atoms with van der Waals surface area (Å²) < 4.78 is 0. The molecule has 7 nitrogen and oxygen atoms in total. The van der Waals surface area contributed by atoms with Gasteiger partial charge in [0.1, 0.15) is 5.01 Å². The monoisotopic (exact) mass is 407 g/mol. The molecule has 2 N–H and O–H groups in total. The van der Waals surface area contributed by atoms with Crippen molar-refractivity contribution in [2.45, 2.75) is 38.6 Å². The Morgan fingerprint density at radius 2 is 2.15 bits per heavy atom. The van der Waals surface area contributed by atoms with Crippen LogP contribution >= 0.6 is 22.9 Å². The number of hydrogen-bond donors (Lipinski definition) is 2. The van der Waals surface area contributed by atoms with Crippen molar-refractivity contribution < 1.29 is 9.59 Å². The second-order valence-electron chi connectivity index (χ2n) is 6.80. The molecule has 0 aliphatic carbocycles. The molecule has 1 aromatic heterocycles. The third kappa shape index (κ3) is 5.17. The molecule has 2 heterocycles. The van der Waals surface area contributed by atoms with E-state index in [-0.39, 0.29) is 23.9 Å². The van der Waals surface area contributed by atoms with Crippen LogP contribution in [-0.2, 0) is 0 Å². The lowest BCUT2D eigenvalue weighted by molar-refractivity contribution is 0.102. The van der Waals surface area contributed by atoms with Crippen molar-refractivity contribution in [1.82, 2.24) is 20.4 Å². The van der Waals surface area contributed by atoms with E-state index in [0.717, 1.165) is 24.4 Å². The third-order valence-corrected chi connectivity index (χ3v) is 5.51. The van der Waals surface area contributed by atoms with E-state index in [9.17, 15) is 9.59 Å². The molecule has 0 spiro atoms. The number of rotatable bonds is 4.